The molecule has 1 aromatic rings. The quantitative estimate of drug-likeness (QED) is 0.796. The highest BCUT2D eigenvalue weighted by molar-refractivity contribution is 5.45. The highest BCUT2D eigenvalue weighted by Gasteiger charge is 2.18. The van der Waals surface area contributed by atoms with Crippen LogP contribution in [0.15, 0.2) is 30.3 Å². The highest BCUT2D eigenvalue weighted by Crippen LogP contribution is 2.14. The summed E-state index contributed by atoms with van der Waals surface area (Å²) in [5, 5.41) is 3.48. The number of benzene rings is 1. The maximum atomic E-state index is 3.48. The van der Waals surface area contributed by atoms with Crippen LogP contribution >= 0.6 is 0 Å². The van der Waals surface area contributed by atoms with Gasteiger partial charge in [-0.1, -0.05) is 25.1 Å². The molecule has 1 N–H and O–H groups in total. The SMILES string of the molecule is CCNC(C)(C)CN(C)c1ccccc1. The molecule has 0 aliphatic heterocycles. The lowest BCUT2D eigenvalue weighted by molar-refractivity contribution is 0.403. The van der Waals surface area contributed by atoms with Crippen molar-refractivity contribution in [3.63, 3.8) is 0 Å². The van der Waals surface area contributed by atoms with E-state index >= 15 is 0 Å². The van der Waals surface area contributed by atoms with E-state index in [1.807, 2.05) is 6.07 Å². The van der Waals surface area contributed by atoms with Crippen LogP contribution in [-0.2, 0) is 0 Å². The van der Waals surface area contributed by atoms with E-state index in [0.29, 0.717) is 0 Å². The Morgan fingerprint density at radius 3 is 2.33 bits per heavy atom. The van der Waals surface area contributed by atoms with Crippen LogP contribution in [0.4, 0.5) is 5.69 Å². The van der Waals surface area contributed by atoms with Crippen molar-refractivity contribution in [2.45, 2.75) is 26.3 Å². The zero-order valence-electron chi connectivity index (χ0n) is 10.2. The summed E-state index contributed by atoms with van der Waals surface area (Å²) >= 11 is 0. The molecule has 0 bridgehead atoms. The number of hydrogen-bond acceptors (Lipinski definition) is 2. The van der Waals surface area contributed by atoms with Gasteiger partial charge >= 0.3 is 0 Å². The second kappa shape index (κ2) is 5.17. The Bertz CT molecular complexity index is 280. The van der Waals surface area contributed by atoms with E-state index in [2.05, 4.69) is 62.3 Å². The number of likely N-dealkylation sites (N-methyl/N-ethyl adjacent to an activating group) is 2. The van der Waals surface area contributed by atoms with Crippen molar-refractivity contribution < 1.29 is 0 Å². The molecule has 84 valence electrons. The maximum Gasteiger partial charge on any atom is 0.0364 e. The van der Waals surface area contributed by atoms with Crippen LogP contribution < -0.4 is 10.2 Å². The first-order valence-electron chi connectivity index (χ1n) is 5.56. The molecule has 0 spiro atoms. The van der Waals surface area contributed by atoms with Crippen LogP contribution in [0, 0.1) is 0 Å². The largest absolute Gasteiger partial charge is 0.373 e. The molecule has 15 heavy (non-hydrogen) atoms. The monoisotopic (exact) mass is 206 g/mol. The summed E-state index contributed by atoms with van der Waals surface area (Å²) in [6.07, 6.45) is 0. The molecule has 1 rings (SSSR count). The molecule has 0 radical (unpaired) electrons. The lowest BCUT2D eigenvalue weighted by Crippen LogP contribution is -2.48. The van der Waals surface area contributed by atoms with Gasteiger partial charge in [0.2, 0.25) is 0 Å². The summed E-state index contributed by atoms with van der Waals surface area (Å²) in [7, 11) is 2.13. The topological polar surface area (TPSA) is 15.3 Å². The molecule has 2 heteroatoms. The Labute approximate surface area is 93.3 Å². The molecular formula is C13H22N2. The second-order valence-corrected chi connectivity index (χ2v) is 4.61. The molecule has 0 aliphatic rings. The maximum absolute atomic E-state index is 3.48. The summed E-state index contributed by atoms with van der Waals surface area (Å²) < 4.78 is 0. The fourth-order valence-corrected chi connectivity index (χ4v) is 1.90. The Kier molecular flexibility index (Phi) is 4.15. The average Bonchev–Trinajstić information content (AvgIpc) is 2.18. The third kappa shape index (κ3) is 3.92. The van der Waals surface area contributed by atoms with Crippen molar-refractivity contribution in [3.05, 3.63) is 30.3 Å². The normalized spacial score (nSPS) is 11.5. The lowest BCUT2D eigenvalue weighted by atomic mass is 10.0. The van der Waals surface area contributed by atoms with Crippen LogP contribution in [0.1, 0.15) is 20.8 Å². The summed E-state index contributed by atoms with van der Waals surface area (Å²) in [6.45, 7) is 8.62. The van der Waals surface area contributed by atoms with Gasteiger partial charge in [-0.05, 0) is 32.5 Å². The molecule has 0 atom stereocenters. The molecule has 0 saturated carbocycles. The van der Waals surface area contributed by atoms with E-state index in [1.54, 1.807) is 0 Å². The first kappa shape index (κ1) is 12.1. The van der Waals surface area contributed by atoms with Crippen molar-refractivity contribution in [2.75, 3.05) is 25.0 Å². The van der Waals surface area contributed by atoms with Crippen molar-refractivity contribution in [3.8, 4) is 0 Å². The van der Waals surface area contributed by atoms with E-state index in [1.165, 1.54) is 5.69 Å². The smallest absolute Gasteiger partial charge is 0.0364 e. The van der Waals surface area contributed by atoms with E-state index in [4.69, 9.17) is 0 Å². The summed E-state index contributed by atoms with van der Waals surface area (Å²) in [5.74, 6) is 0. The number of para-hydroxylation sites is 1. The third-order valence-corrected chi connectivity index (χ3v) is 2.48. The molecule has 0 aromatic heterocycles. The minimum Gasteiger partial charge on any atom is -0.373 e. The van der Waals surface area contributed by atoms with E-state index in [-0.39, 0.29) is 5.54 Å². The first-order chi connectivity index (χ1) is 7.05. The number of rotatable bonds is 5. The minimum atomic E-state index is 0.152. The number of nitrogens with zero attached hydrogens (tertiary/aromatic N) is 1. The van der Waals surface area contributed by atoms with Crippen LogP contribution in [0.2, 0.25) is 0 Å². The van der Waals surface area contributed by atoms with Gasteiger partial charge < -0.3 is 10.2 Å². The molecule has 0 unspecified atom stereocenters. The van der Waals surface area contributed by atoms with Crippen molar-refractivity contribution in [1.82, 2.24) is 5.32 Å². The predicted octanol–water partition coefficient (Wildman–Crippen LogP) is 2.51. The molecule has 0 fully saturated rings. The van der Waals surface area contributed by atoms with Gasteiger partial charge in [0, 0.05) is 24.8 Å². The van der Waals surface area contributed by atoms with Crippen LogP contribution in [0.3, 0.4) is 0 Å². The van der Waals surface area contributed by atoms with E-state index < -0.39 is 0 Å². The number of hydrogen-bond donors (Lipinski definition) is 1. The standard InChI is InChI=1S/C13H22N2/c1-5-14-13(2,3)11-15(4)12-9-7-6-8-10-12/h6-10,14H,5,11H2,1-4H3. The zero-order valence-corrected chi connectivity index (χ0v) is 10.2. The molecule has 0 aliphatic carbocycles. The second-order valence-electron chi connectivity index (χ2n) is 4.61. The van der Waals surface area contributed by atoms with Crippen LogP contribution in [-0.4, -0.2) is 25.7 Å². The fourth-order valence-electron chi connectivity index (χ4n) is 1.90. The van der Waals surface area contributed by atoms with Gasteiger partial charge in [-0.3, -0.25) is 0 Å². The summed E-state index contributed by atoms with van der Waals surface area (Å²) in [6, 6.07) is 10.5. The van der Waals surface area contributed by atoms with E-state index in [9.17, 15) is 0 Å². The zero-order chi connectivity index (χ0) is 11.3. The summed E-state index contributed by atoms with van der Waals surface area (Å²) in [5.41, 5.74) is 1.42. The van der Waals surface area contributed by atoms with Gasteiger partial charge in [-0.15, -0.1) is 0 Å². The molecule has 1 aromatic carbocycles. The first-order valence-corrected chi connectivity index (χ1v) is 5.56. The molecule has 0 saturated heterocycles. The lowest BCUT2D eigenvalue weighted by Gasteiger charge is -2.32. The van der Waals surface area contributed by atoms with E-state index in [0.717, 1.165) is 13.1 Å². The fraction of sp³-hybridized carbons (Fsp3) is 0.538. The van der Waals surface area contributed by atoms with Gasteiger partial charge in [0.1, 0.15) is 0 Å². The number of nitrogens with one attached hydrogen (secondary N) is 1. The van der Waals surface area contributed by atoms with Gasteiger partial charge in [-0.25, -0.2) is 0 Å². The Balaban J connectivity index is 2.59. The van der Waals surface area contributed by atoms with Crippen molar-refractivity contribution in [2.24, 2.45) is 0 Å². The molecular weight excluding hydrogens is 184 g/mol. The molecule has 0 heterocycles. The number of anilines is 1. The highest BCUT2D eigenvalue weighted by atomic mass is 15.1. The van der Waals surface area contributed by atoms with Crippen LogP contribution in [0.25, 0.3) is 0 Å². The summed E-state index contributed by atoms with van der Waals surface area (Å²) in [4.78, 5) is 2.28. The van der Waals surface area contributed by atoms with Crippen molar-refractivity contribution in [1.29, 1.82) is 0 Å². The van der Waals surface area contributed by atoms with Gasteiger partial charge in [0.15, 0.2) is 0 Å². The Morgan fingerprint density at radius 1 is 1.20 bits per heavy atom. The van der Waals surface area contributed by atoms with Crippen molar-refractivity contribution >= 4 is 5.69 Å². The predicted molar refractivity (Wildman–Crippen MR) is 67.5 cm³/mol. The Hall–Kier alpha value is -1.02. The molecule has 0 amide bonds. The third-order valence-electron chi connectivity index (χ3n) is 2.48. The van der Waals surface area contributed by atoms with Gasteiger partial charge in [0.05, 0.1) is 0 Å². The Morgan fingerprint density at radius 2 is 1.80 bits per heavy atom. The average molecular weight is 206 g/mol. The van der Waals surface area contributed by atoms with Crippen LogP contribution in [0.5, 0.6) is 0 Å². The molecule has 2 nitrogen and oxygen atoms in total. The van der Waals surface area contributed by atoms with Gasteiger partial charge in [-0.2, -0.15) is 0 Å². The van der Waals surface area contributed by atoms with Gasteiger partial charge in [0.25, 0.3) is 0 Å². The minimum absolute atomic E-state index is 0.152.